The number of hydrogen-bond acceptors (Lipinski definition) is 7. The molecular weight excluding hydrogens is 531 g/mol. The molecule has 2 aliphatic rings. The van der Waals surface area contributed by atoms with E-state index in [4.69, 9.17) is 0 Å². The molecule has 3 aromatic heterocycles. The number of anilines is 1. The molecule has 41 heavy (non-hydrogen) atoms. The normalized spacial score (nSPS) is 16.7. The van der Waals surface area contributed by atoms with Gasteiger partial charge >= 0.3 is 5.97 Å². The molecule has 210 valence electrons. The molecule has 0 aliphatic carbocycles. The van der Waals surface area contributed by atoms with E-state index < -0.39 is 17.8 Å². The minimum Gasteiger partial charge on any atom is -0.477 e. The van der Waals surface area contributed by atoms with Crippen LogP contribution in [0.1, 0.15) is 74.6 Å². The van der Waals surface area contributed by atoms with Crippen LogP contribution in [0.25, 0.3) is 5.65 Å². The van der Waals surface area contributed by atoms with Gasteiger partial charge in [-0.2, -0.15) is 5.10 Å². The monoisotopic (exact) mass is 558 g/mol. The van der Waals surface area contributed by atoms with Crippen LogP contribution in [0.15, 0.2) is 53.6 Å². The highest BCUT2D eigenvalue weighted by Crippen LogP contribution is 2.34. The summed E-state index contributed by atoms with van der Waals surface area (Å²) < 4.78 is 17.5. The number of nitrogens with zero attached hydrogens (tertiary/aromatic N) is 6. The molecule has 0 radical (unpaired) electrons. The lowest BCUT2D eigenvalue weighted by molar-refractivity contribution is 0.0647. The third kappa shape index (κ3) is 4.45. The van der Waals surface area contributed by atoms with Crippen molar-refractivity contribution in [1.82, 2.24) is 24.1 Å². The Morgan fingerprint density at radius 3 is 2.51 bits per heavy atom. The zero-order valence-corrected chi connectivity index (χ0v) is 22.3. The number of aryl methyl sites for hydroxylation is 2. The minimum absolute atomic E-state index is 0.0382. The number of aromatic nitrogens is 4. The van der Waals surface area contributed by atoms with Gasteiger partial charge in [0, 0.05) is 37.6 Å². The second kappa shape index (κ2) is 10.3. The summed E-state index contributed by atoms with van der Waals surface area (Å²) in [5.41, 5.74) is 1.29. The van der Waals surface area contributed by atoms with E-state index in [1.165, 1.54) is 15.1 Å². The molecular formula is C29H27FN6O5. The lowest BCUT2D eigenvalue weighted by atomic mass is 10.1. The van der Waals surface area contributed by atoms with Crippen molar-refractivity contribution in [2.45, 2.75) is 45.2 Å². The van der Waals surface area contributed by atoms with E-state index in [0.29, 0.717) is 42.0 Å². The second-order valence-electron chi connectivity index (χ2n) is 10.2. The Morgan fingerprint density at radius 2 is 1.83 bits per heavy atom. The van der Waals surface area contributed by atoms with Gasteiger partial charge in [0.1, 0.15) is 17.2 Å². The summed E-state index contributed by atoms with van der Waals surface area (Å²) in [6.07, 6.45) is 4.81. The van der Waals surface area contributed by atoms with E-state index in [-0.39, 0.29) is 53.7 Å². The van der Waals surface area contributed by atoms with Crippen molar-refractivity contribution in [2.75, 3.05) is 18.0 Å². The average molecular weight is 559 g/mol. The zero-order chi connectivity index (χ0) is 28.8. The molecule has 0 bridgehead atoms. The van der Waals surface area contributed by atoms with Gasteiger partial charge in [0.2, 0.25) is 0 Å². The van der Waals surface area contributed by atoms with Crippen LogP contribution in [0.4, 0.5) is 10.2 Å². The molecule has 11 nitrogen and oxygen atoms in total. The number of hydrogen-bond donors (Lipinski definition) is 1. The topological polar surface area (TPSA) is 130 Å². The molecule has 2 amide bonds. The predicted molar refractivity (Wildman–Crippen MR) is 146 cm³/mol. The SMILES string of the molecule is CCc1nn2ccc(N3CCC[C@@H]3c3cc(F)cn(CCCN4C(=O)c5ccccc5C4=O)c3=O)nc2c1C(=O)O. The van der Waals surface area contributed by atoms with Crippen molar-refractivity contribution in [1.29, 1.82) is 0 Å². The van der Waals surface area contributed by atoms with Gasteiger partial charge in [-0.05, 0) is 49.9 Å². The average Bonchev–Trinajstić information content (AvgIpc) is 3.66. The highest BCUT2D eigenvalue weighted by molar-refractivity contribution is 6.21. The smallest absolute Gasteiger partial charge is 0.341 e. The number of amides is 2. The van der Waals surface area contributed by atoms with Crippen molar-refractivity contribution >= 4 is 29.2 Å². The zero-order valence-electron chi connectivity index (χ0n) is 22.3. The Morgan fingerprint density at radius 1 is 1.10 bits per heavy atom. The fourth-order valence-corrected chi connectivity index (χ4v) is 5.82. The summed E-state index contributed by atoms with van der Waals surface area (Å²) in [4.78, 5) is 58.4. The Balaban J connectivity index is 1.24. The maximum atomic E-state index is 14.8. The molecule has 5 heterocycles. The maximum Gasteiger partial charge on any atom is 0.341 e. The second-order valence-corrected chi connectivity index (χ2v) is 10.2. The summed E-state index contributed by atoms with van der Waals surface area (Å²) in [5, 5.41) is 14.1. The first-order chi connectivity index (χ1) is 19.8. The standard InChI is InChI=1S/C29H27FN6O5/c1-2-21-24(29(40)41)25-31-23(10-14-36(25)32-21)34-12-5-9-22(34)20-15-17(30)16-33(26(20)37)11-6-13-35-27(38)18-7-3-4-8-19(18)28(35)39/h3-4,7-8,10,14-16,22H,2,5-6,9,11-13H2,1H3,(H,40,41)/t22-/m1/s1. The quantitative estimate of drug-likeness (QED) is 0.326. The van der Waals surface area contributed by atoms with E-state index in [1.807, 2.05) is 11.8 Å². The molecule has 1 atom stereocenters. The summed E-state index contributed by atoms with van der Waals surface area (Å²) in [7, 11) is 0. The highest BCUT2D eigenvalue weighted by atomic mass is 19.1. The fourth-order valence-electron chi connectivity index (χ4n) is 5.82. The van der Waals surface area contributed by atoms with Gasteiger partial charge in [0.15, 0.2) is 5.65 Å². The number of imide groups is 1. The molecule has 2 aliphatic heterocycles. The first-order valence-electron chi connectivity index (χ1n) is 13.5. The van der Waals surface area contributed by atoms with Gasteiger partial charge in [0.05, 0.1) is 22.9 Å². The molecule has 0 saturated carbocycles. The van der Waals surface area contributed by atoms with E-state index in [0.717, 1.165) is 17.5 Å². The third-order valence-corrected chi connectivity index (χ3v) is 7.74. The molecule has 4 aromatic rings. The summed E-state index contributed by atoms with van der Waals surface area (Å²) in [5.74, 6) is -1.97. The highest BCUT2D eigenvalue weighted by Gasteiger charge is 2.35. The van der Waals surface area contributed by atoms with Crippen LogP contribution >= 0.6 is 0 Å². The van der Waals surface area contributed by atoms with Crippen LogP contribution in [0.5, 0.6) is 0 Å². The summed E-state index contributed by atoms with van der Waals surface area (Å²) in [6, 6.07) is 9.10. The van der Waals surface area contributed by atoms with Crippen LogP contribution in [-0.4, -0.2) is 60.0 Å². The Labute approximate surface area is 233 Å². The van der Waals surface area contributed by atoms with Gasteiger partial charge in [-0.3, -0.25) is 19.3 Å². The van der Waals surface area contributed by atoms with Crippen LogP contribution < -0.4 is 10.5 Å². The van der Waals surface area contributed by atoms with Crippen LogP contribution in [-0.2, 0) is 13.0 Å². The van der Waals surface area contributed by atoms with E-state index in [2.05, 4.69) is 10.1 Å². The lowest BCUT2D eigenvalue weighted by Crippen LogP contribution is -2.34. The van der Waals surface area contributed by atoms with E-state index in [1.54, 1.807) is 36.5 Å². The number of carboxylic acid groups (broad SMARTS) is 1. The Kier molecular flexibility index (Phi) is 6.60. The fraction of sp³-hybridized carbons (Fsp3) is 0.310. The molecule has 0 spiro atoms. The molecule has 1 N–H and O–H groups in total. The number of carbonyl (C=O) groups is 3. The Hall–Kier alpha value is -4.87. The molecule has 1 fully saturated rings. The number of halogens is 1. The van der Waals surface area contributed by atoms with Crippen LogP contribution in [0.3, 0.4) is 0 Å². The molecule has 0 unspecified atom stereocenters. The van der Waals surface area contributed by atoms with Crippen molar-refractivity contribution in [3.05, 3.63) is 92.9 Å². The van der Waals surface area contributed by atoms with Crippen LogP contribution in [0, 0.1) is 5.82 Å². The van der Waals surface area contributed by atoms with Crippen molar-refractivity contribution in [3.63, 3.8) is 0 Å². The first kappa shape index (κ1) is 26.4. The lowest BCUT2D eigenvalue weighted by Gasteiger charge is -2.26. The number of rotatable bonds is 8. The summed E-state index contributed by atoms with van der Waals surface area (Å²) >= 11 is 0. The number of aromatic carboxylic acids is 1. The van der Waals surface area contributed by atoms with Crippen molar-refractivity contribution < 1.29 is 23.9 Å². The number of pyridine rings is 1. The van der Waals surface area contributed by atoms with Gasteiger partial charge in [-0.25, -0.2) is 18.7 Å². The van der Waals surface area contributed by atoms with Crippen molar-refractivity contribution in [2.24, 2.45) is 0 Å². The molecule has 1 saturated heterocycles. The first-order valence-corrected chi connectivity index (χ1v) is 13.5. The molecule has 1 aromatic carbocycles. The number of carboxylic acids is 1. The van der Waals surface area contributed by atoms with E-state index >= 15 is 0 Å². The molecule has 6 rings (SSSR count). The molecule has 12 heteroatoms. The minimum atomic E-state index is -1.12. The number of fused-ring (bicyclic) bond motifs is 2. The number of carbonyl (C=O) groups excluding carboxylic acids is 2. The predicted octanol–water partition coefficient (Wildman–Crippen LogP) is 3.32. The maximum absolute atomic E-state index is 14.8. The van der Waals surface area contributed by atoms with Gasteiger partial charge < -0.3 is 14.6 Å². The van der Waals surface area contributed by atoms with E-state index in [9.17, 15) is 28.7 Å². The number of benzene rings is 1. The van der Waals surface area contributed by atoms with Gasteiger partial charge in [0.25, 0.3) is 17.4 Å². The summed E-state index contributed by atoms with van der Waals surface area (Å²) in [6.45, 7) is 2.59. The van der Waals surface area contributed by atoms with Gasteiger partial charge in [-0.15, -0.1) is 0 Å². The van der Waals surface area contributed by atoms with Gasteiger partial charge in [-0.1, -0.05) is 19.1 Å². The third-order valence-electron chi connectivity index (χ3n) is 7.74. The van der Waals surface area contributed by atoms with Crippen molar-refractivity contribution in [3.8, 4) is 0 Å². The van der Waals surface area contributed by atoms with Crippen LogP contribution in [0.2, 0.25) is 0 Å². The Bertz CT molecular complexity index is 1740. The largest absolute Gasteiger partial charge is 0.477 e.